The lowest BCUT2D eigenvalue weighted by atomic mass is 9.63. The second-order valence-corrected chi connectivity index (χ2v) is 8.03. The summed E-state index contributed by atoms with van der Waals surface area (Å²) in [5.41, 5.74) is 1.14. The molecule has 1 aromatic heterocycles. The SMILES string of the molecule is Cc1ccc(-c2ccc(/C=N\N3C(=O)[C@@H]4[C@H](C3=O)[C@@H]3C=C[C@H]4CC3)o2)cc1[N+](=O)[O-]. The average Bonchev–Trinajstić information content (AvgIpc) is 3.32. The van der Waals surface area contributed by atoms with E-state index < -0.39 is 4.92 Å². The topological polar surface area (TPSA) is 106 Å². The zero-order chi connectivity index (χ0) is 21.0. The Morgan fingerprint density at radius 3 is 2.37 bits per heavy atom. The number of furan rings is 1. The molecule has 8 nitrogen and oxygen atoms in total. The summed E-state index contributed by atoms with van der Waals surface area (Å²) >= 11 is 0. The fraction of sp³-hybridized carbons (Fsp3) is 0.318. The summed E-state index contributed by atoms with van der Waals surface area (Å²) in [5.74, 6) is -0.0902. The normalized spacial score (nSPS) is 27.3. The van der Waals surface area contributed by atoms with Crippen molar-refractivity contribution < 1.29 is 18.9 Å². The van der Waals surface area contributed by atoms with Crippen LogP contribution in [0.3, 0.4) is 0 Å². The van der Waals surface area contributed by atoms with E-state index in [1.165, 1.54) is 12.3 Å². The molecule has 3 aliphatic carbocycles. The first-order chi connectivity index (χ1) is 14.4. The molecule has 0 N–H and O–H groups in total. The number of hydrogen-bond acceptors (Lipinski definition) is 6. The molecule has 2 heterocycles. The average molecular weight is 405 g/mol. The quantitative estimate of drug-likeness (QED) is 0.254. The van der Waals surface area contributed by atoms with Gasteiger partial charge in [0.05, 0.1) is 23.0 Å². The van der Waals surface area contributed by atoms with Crippen LogP contribution < -0.4 is 0 Å². The zero-order valence-corrected chi connectivity index (χ0v) is 16.2. The van der Waals surface area contributed by atoms with Crippen LogP contribution in [0, 0.1) is 40.7 Å². The lowest BCUT2D eigenvalue weighted by Crippen LogP contribution is -2.38. The van der Waals surface area contributed by atoms with Crippen molar-refractivity contribution in [2.75, 3.05) is 0 Å². The number of imide groups is 1. The Morgan fingerprint density at radius 2 is 1.77 bits per heavy atom. The Morgan fingerprint density at radius 1 is 1.10 bits per heavy atom. The van der Waals surface area contributed by atoms with E-state index in [1.54, 1.807) is 31.2 Å². The predicted octanol–water partition coefficient (Wildman–Crippen LogP) is 3.69. The molecule has 2 amide bonds. The molecule has 8 heteroatoms. The van der Waals surface area contributed by atoms with Gasteiger partial charge in [-0.15, -0.1) is 0 Å². The van der Waals surface area contributed by atoms with E-state index >= 15 is 0 Å². The Balaban J connectivity index is 1.37. The highest BCUT2D eigenvalue weighted by molar-refractivity contribution is 6.06. The van der Waals surface area contributed by atoms with E-state index in [1.807, 2.05) is 0 Å². The first-order valence-corrected chi connectivity index (χ1v) is 9.89. The molecule has 0 radical (unpaired) electrons. The van der Waals surface area contributed by atoms with E-state index in [4.69, 9.17) is 4.42 Å². The fourth-order valence-electron chi connectivity index (χ4n) is 4.82. The van der Waals surface area contributed by atoms with Crippen molar-refractivity contribution in [1.29, 1.82) is 0 Å². The number of rotatable bonds is 4. The number of allylic oxidation sites excluding steroid dienone is 2. The van der Waals surface area contributed by atoms with Gasteiger partial charge in [0.15, 0.2) is 0 Å². The molecule has 152 valence electrons. The minimum Gasteiger partial charge on any atom is -0.455 e. The van der Waals surface area contributed by atoms with Gasteiger partial charge in [0, 0.05) is 17.2 Å². The number of hydrazone groups is 1. The molecular weight excluding hydrogens is 386 g/mol. The highest BCUT2D eigenvalue weighted by Gasteiger charge is 2.56. The molecule has 30 heavy (non-hydrogen) atoms. The van der Waals surface area contributed by atoms with Crippen molar-refractivity contribution in [3.63, 3.8) is 0 Å². The van der Waals surface area contributed by atoms with Gasteiger partial charge < -0.3 is 4.42 Å². The Kier molecular flexibility index (Phi) is 4.16. The predicted molar refractivity (Wildman–Crippen MR) is 107 cm³/mol. The van der Waals surface area contributed by atoms with Crippen LogP contribution in [0.4, 0.5) is 5.69 Å². The maximum atomic E-state index is 12.8. The summed E-state index contributed by atoms with van der Waals surface area (Å²) in [5, 5.41) is 16.3. The van der Waals surface area contributed by atoms with Gasteiger partial charge in [0.25, 0.3) is 17.5 Å². The Labute approximate surface area is 172 Å². The summed E-state index contributed by atoms with van der Waals surface area (Å²) in [6.07, 6.45) is 7.33. The monoisotopic (exact) mass is 405 g/mol. The number of nitro groups is 1. The minimum absolute atomic E-state index is 0.0122. The molecular formula is C22H19N3O5. The second-order valence-electron chi connectivity index (χ2n) is 8.03. The Hall–Kier alpha value is -3.55. The smallest absolute Gasteiger partial charge is 0.273 e. The summed E-state index contributed by atoms with van der Waals surface area (Å²) in [6, 6.07) is 8.18. The van der Waals surface area contributed by atoms with Crippen molar-refractivity contribution in [2.45, 2.75) is 19.8 Å². The molecule has 2 fully saturated rings. The van der Waals surface area contributed by atoms with Gasteiger partial charge >= 0.3 is 0 Å². The molecule has 1 saturated heterocycles. The van der Waals surface area contributed by atoms with Gasteiger partial charge in [0.1, 0.15) is 11.5 Å². The summed E-state index contributed by atoms with van der Waals surface area (Å²) in [7, 11) is 0. The van der Waals surface area contributed by atoms with Crippen molar-refractivity contribution in [3.8, 4) is 11.3 Å². The Bertz CT molecular complexity index is 1100. The molecule has 4 aliphatic rings. The fourth-order valence-corrected chi connectivity index (χ4v) is 4.82. The van der Waals surface area contributed by atoms with Crippen LogP contribution in [0.25, 0.3) is 11.3 Å². The van der Waals surface area contributed by atoms with Crippen molar-refractivity contribution >= 4 is 23.7 Å². The molecule has 2 bridgehead atoms. The van der Waals surface area contributed by atoms with Crippen LogP contribution in [-0.2, 0) is 9.59 Å². The zero-order valence-electron chi connectivity index (χ0n) is 16.2. The molecule has 4 atom stereocenters. The van der Waals surface area contributed by atoms with Gasteiger partial charge in [-0.05, 0) is 43.7 Å². The lowest BCUT2D eigenvalue weighted by Gasteiger charge is -2.37. The molecule has 6 rings (SSSR count). The van der Waals surface area contributed by atoms with Crippen LogP contribution in [-0.4, -0.2) is 28.0 Å². The highest BCUT2D eigenvalue weighted by atomic mass is 16.6. The summed E-state index contributed by atoms with van der Waals surface area (Å²) in [4.78, 5) is 36.3. The van der Waals surface area contributed by atoms with Crippen LogP contribution >= 0.6 is 0 Å². The van der Waals surface area contributed by atoms with E-state index in [0.29, 0.717) is 22.6 Å². The second kappa shape index (κ2) is 6.76. The number of nitro benzene ring substituents is 1. The molecule has 0 spiro atoms. The van der Waals surface area contributed by atoms with Crippen molar-refractivity contribution in [1.82, 2.24) is 5.01 Å². The minimum atomic E-state index is -0.434. The third kappa shape index (κ3) is 2.79. The number of benzene rings is 1. The van der Waals surface area contributed by atoms with E-state index in [9.17, 15) is 19.7 Å². The maximum Gasteiger partial charge on any atom is 0.273 e. The molecule has 1 aliphatic heterocycles. The van der Waals surface area contributed by atoms with Gasteiger partial charge in [0.2, 0.25) is 0 Å². The largest absolute Gasteiger partial charge is 0.455 e. The summed E-state index contributed by atoms with van der Waals surface area (Å²) in [6.45, 7) is 1.67. The summed E-state index contributed by atoms with van der Waals surface area (Å²) < 4.78 is 5.71. The van der Waals surface area contributed by atoms with Gasteiger partial charge in [-0.2, -0.15) is 10.1 Å². The third-order valence-corrected chi connectivity index (χ3v) is 6.35. The first-order valence-electron chi connectivity index (χ1n) is 9.89. The van der Waals surface area contributed by atoms with E-state index in [0.717, 1.165) is 17.9 Å². The number of carbonyl (C=O) groups is 2. The molecule has 1 saturated carbocycles. The van der Waals surface area contributed by atoms with Crippen LogP contribution in [0.1, 0.15) is 24.2 Å². The van der Waals surface area contributed by atoms with Gasteiger partial charge in [-0.3, -0.25) is 19.7 Å². The van der Waals surface area contributed by atoms with Gasteiger partial charge in [-0.25, -0.2) is 0 Å². The highest BCUT2D eigenvalue weighted by Crippen LogP contribution is 2.49. The van der Waals surface area contributed by atoms with Crippen LogP contribution in [0.15, 0.2) is 52.0 Å². The van der Waals surface area contributed by atoms with Crippen LogP contribution in [0.2, 0.25) is 0 Å². The molecule has 2 aromatic rings. The van der Waals surface area contributed by atoms with Gasteiger partial charge in [-0.1, -0.05) is 24.3 Å². The first kappa shape index (κ1) is 18.5. The van der Waals surface area contributed by atoms with Crippen LogP contribution in [0.5, 0.6) is 0 Å². The standard InChI is InChI=1S/C22H19N3O5/c1-12-2-3-15(10-17(12)25(28)29)18-9-8-16(30-18)11-23-24-21(26)19-13-4-5-14(7-6-13)20(19)22(24)27/h2-5,8-11,13-14,19-20H,6-7H2,1H3/b23-11-/t13-,14+,19-,20+. The number of nitrogens with zero attached hydrogens (tertiary/aromatic N) is 3. The number of amides is 2. The molecule has 1 aromatic carbocycles. The van der Waals surface area contributed by atoms with E-state index in [-0.39, 0.29) is 41.2 Å². The number of aryl methyl sites for hydroxylation is 1. The van der Waals surface area contributed by atoms with Crippen molar-refractivity contribution in [2.24, 2.45) is 28.8 Å². The molecule has 0 unspecified atom stereocenters. The third-order valence-electron chi connectivity index (χ3n) is 6.35. The number of fused-ring (bicyclic) bond motifs is 1. The van der Waals surface area contributed by atoms with E-state index in [2.05, 4.69) is 17.3 Å². The number of hydrogen-bond donors (Lipinski definition) is 0. The number of carbonyl (C=O) groups excluding carboxylic acids is 2. The lowest BCUT2D eigenvalue weighted by molar-refractivity contribution is -0.385. The van der Waals surface area contributed by atoms with Crippen molar-refractivity contribution in [3.05, 3.63) is 63.9 Å². The maximum absolute atomic E-state index is 12.8.